The number of benzene rings is 3. The van der Waals surface area contributed by atoms with Crippen molar-refractivity contribution in [1.82, 2.24) is 0 Å². The van der Waals surface area contributed by atoms with Crippen LogP contribution in [0.2, 0.25) is 0 Å². The lowest BCUT2D eigenvalue weighted by Crippen LogP contribution is -2.12. The fourth-order valence-corrected chi connectivity index (χ4v) is 5.22. The second-order valence-electron chi connectivity index (χ2n) is 12.1. The third kappa shape index (κ3) is 15.0. The van der Waals surface area contributed by atoms with Crippen LogP contribution in [0.4, 0.5) is 5.69 Å². The van der Waals surface area contributed by atoms with Crippen LogP contribution in [0.15, 0.2) is 72.8 Å². The minimum Gasteiger partial charge on any atom is -0.494 e. The molecule has 0 saturated carbocycles. The summed E-state index contributed by atoms with van der Waals surface area (Å²) >= 11 is 0. The second-order valence-corrected chi connectivity index (χ2v) is 12.1. The van der Waals surface area contributed by atoms with Crippen LogP contribution in [-0.4, -0.2) is 25.1 Å². The van der Waals surface area contributed by atoms with Gasteiger partial charge in [-0.3, -0.25) is 4.79 Å². The van der Waals surface area contributed by atoms with Crippen molar-refractivity contribution in [3.05, 3.63) is 83.9 Å². The van der Waals surface area contributed by atoms with Gasteiger partial charge in [-0.2, -0.15) is 0 Å². The second kappa shape index (κ2) is 22.7. The third-order valence-electron chi connectivity index (χ3n) is 8.06. The Bertz CT molecular complexity index is 1240. The Hall–Kier alpha value is -3.80. The van der Waals surface area contributed by atoms with Crippen molar-refractivity contribution >= 4 is 17.6 Å². The van der Waals surface area contributed by atoms with E-state index in [9.17, 15) is 9.59 Å². The number of ether oxygens (including phenoxy) is 3. The van der Waals surface area contributed by atoms with Crippen molar-refractivity contribution in [2.24, 2.45) is 0 Å². The topological polar surface area (TPSA) is 73.9 Å². The van der Waals surface area contributed by atoms with Crippen LogP contribution < -0.4 is 19.5 Å². The van der Waals surface area contributed by atoms with Crippen molar-refractivity contribution in [3.63, 3.8) is 0 Å². The molecule has 0 heterocycles. The van der Waals surface area contributed by atoms with Gasteiger partial charge in [-0.05, 0) is 85.6 Å². The monoisotopic (exact) mass is 629 g/mol. The van der Waals surface area contributed by atoms with Crippen molar-refractivity contribution in [2.45, 2.75) is 117 Å². The van der Waals surface area contributed by atoms with Gasteiger partial charge in [0.2, 0.25) is 0 Å². The Morgan fingerprint density at radius 1 is 0.478 bits per heavy atom. The van der Waals surface area contributed by atoms with Crippen LogP contribution in [0.25, 0.3) is 0 Å². The molecule has 6 nitrogen and oxygen atoms in total. The first kappa shape index (κ1) is 36.7. The van der Waals surface area contributed by atoms with E-state index in [2.05, 4.69) is 19.2 Å². The summed E-state index contributed by atoms with van der Waals surface area (Å²) in [6, 6.07) is 21.0. The molecule has 0 aliphatic carbocycles. The molecule has 0 atom stereocenters. The van der Waals surface area contributed by atoms with Gasteiger partial charge in [0.05, 0.1) is 18.8 Å². The van der Waals surface area contributed by atoms with Gasteiger partial charge in [-0.15, -0.1) is 0 Å². The van der Waals surface area contributed by atoms with Gasteiger partial charge in [-0.1, -0.05) is 104 Å². The molecule has 1 amide bonds. The van der Waals surface area contributed by atoms with E-state index in [-0.39, 0.29) is 5.91 Å². The summed E-state index contributed by atoms with van der Waals surface area (Å²) < 4.78 is 17.2. The minimum absolute atomic E-state index is 0.227. The van der Waals surface area contributed by atoms with Crippen LogP contribution in [0.3, 0.4) is 0 Å². The van der Waals surface area contributed by atoms with Gasteiger partial charge in [0, 0.05) is 11.3 Å². The summed E-state index contributed by atoms with van der Waals surface area (Å²) in [6.45, 7) is 5.86. The largest absolute Gasteiger partial charge is 0.494 e. The predicted octanol–water partition coefficient (Wildman–Crippen LogP) is 11.2. The first-order chi connectivity index (χ1) is 22.6. The molecule has 0 saturated heterocycles. The molecule has 0 radical (unpaired) electrons. The zero-order valence-corrected chi connectivity index (χ0v) is 28.2. The number of esters is 1. The molecule has 3 aromatic rings. The summed E-state index contributed by atoms with van der Waals surface area (Å²) in [5, 5.41) is 2.88. The average Bonchev–Trinajstić information content (AvgIpc) is 3.08. The normalized spacial score (nSPS) is 10.8. The zero-order chi connectivity index (χ0) is 32.7. The first-order valence-electron chi connectivity index (χ1n) is 17.7. The maximum absolute atomic E-state index is 12.7. The molecule has 46 heavy (non-hydrogen) atoms. The Balaban J connectivity index is 1.32. The highest BCUT2D eigenvalue weighted by Crippen LogP contribution is 2.21. The molecule has 0 spiro atoms. The summed E-state index contributed by atoms with van der Waals surface area (Å²) in [5.74, 6) is 1.29. The SMILES string of the molecule is CCCCCCCCCCOc1ccc(OC(=O)c2ccc(NC(=O)c3ccc(OCCCCCCCCCC)cc3)cc2)cc1. The van der Waals surface area contributed by atoms with E-state index in [4.69, 9.17) is 14.2 Å². The number of amides is 1. The summed E-state index contributed by atoms with van der Waals surface area (Å²) in [4.78, 5) is 25.4. The van der Waals surface area contributed by atoms with E-state index in [0.717, 1.165) is 24.3 Å². The molecular weight excluding hydrogens is 574 g/mol. The Kier molecular flexibility index (Phi) is 18.1. The lowest BCUT2D eigenvalue weighted by atomic mass is 10.1. The van der Waals surface area contributed by atoms with Crippen molar-refractivity contribution < 1.29 is 23.8 Å². The highest BCUT2D eigenvalue weighted by atomic mass is 16.5. The van der Waals surface area contributed by atoms with E-state index in [1.54, 1.807) is 48.5 Å². The number of carbonyl (C=O) groups is 2. The van der Waals surface area contributed by atoms with Gasteiger partial charge in [0.25, 0.3) is 5.91 Å². The molecule has 6 heteroatoms. The summed E-state index contributed by atoms with van der Waals surface area (Å²) in [5.41, 5.74) is 1.52. The minimum atomic E-state index is -0.465. The van der Waals surface area contributed by atoms with Gasteiger partial charge >= 0.3 is 5.97 Å². The van der Waals surface area contributed by atoms with Crippen LogP contribution in [0.5, 0.6) is 17.2 Å². The molecule has 3 rings (SSSR count). The van der Waals surface area contributed by atoms with Crippen LogP contribution in [-0.2, 0) is 0 Å². The molecular formula is C40H55NO5. The Labute approximate surface area is 277 Å². The van der Waals surface area contributed by atoms with Gasteiger partial charge in [0.1, 0.15) is 17.2 Å². The molecule has 0 aliphatic rings. The van der Waals surface area contributed by atoms with Crippen LogP contribution in [0, 0.1) is 0 Å². The quantitative estimate of drug-likeness (QED) is 0.0606. The summed E-state index contributed by atoms with van der Waals surface area (Å²) in [6.07, 6.45) is 20.2. The lowest BCUT2D eigenvalue weighted by molar-refractivity contribution is 0.0734. The lowest BCUT2D eigenvalue weighted by Gasteiger charge is -2.09. The number of carbonyl (C=O) groups excluding carboxylic acids is 2. The van der Waals surface area contributed by atoms with E-state index in [1.165, 1.54) is 89.9 Å². The van der Waals surface area contributed by atoms with Gasteiger partial charge in [0.15, 0.2) is 0 Å². The standard InChI is InChI=1S/C40H55NO5/c1-3-5-7-9-11-13-15-17-31-44-36-25-21-33(22-26-36)39(42)41-35-23-19-34(20-24-35)40(43)46-38-29-27-37(28-30-38)45-32-18-16-14-12-10-8-6-4-2/h19-30H,3-18,31-32H2,1-2H3,(H,41,42). The maximum atomic E-state index is 12.7. The van der Waals surface area contributed by atoms with Crippen molar-refractivity contribution in [3.8, 4) is 17.2 Å². The van der Waals surface area contributed by atoms with Crippen LogP contribution >= 0.6 is 0 Å². The van der Waals surface area contributed by atoms with E-state index in [0.29, 0.717) is 35.8 Å². The number of nitrogens with one attached hydrogen (secondary N) is 1. The number of unbranched alkanes of at least 4 members (excludes halogenated alkanes) is 14. The number of hydrogen-bond donors (Lipinski definition) is 1. The highest BCUT2D eigenvalue weighted by Gasteiger charge is 2.11. The maximum Gasteiger partial charge on any atom is 0.343 e. The molecule has 0 unspecified atom stereocenters. The van der Waals surface area contributed by atoms with E-state index >= 15 is 0 Å². The molecule has 3 aromatic carbocycles. The first-order valence-corrected chi connectivity index (χ1v) is 17.7. The molecule has 0 aliphatic heterocycles. The molecule has 0 bridgehead atoms. The van der Waals surface area contributed by atoms with Gasteiger partial charge in [-0.25, -0.2) is 4.79 Å². The Morgan fingerprint density at radius 2 is 0.870 bits per heavy atom. The number of hydrogen-bond acceptors (Lipinski definition) is 5. The fraction of sp³-hybridized carbons (Fsp3) is 0.500. The third-order valence-corrected chi connectivity index (χ3v) is 8.06. The van der Waals surface area contributed by atoms with E-state index in [1.807, 2.05) is 24.3 Å². The Morgan fingerprint density at radius 3 is 1.35 bits per heavy atom. The van der Waals surface area contributed by atoms with E-state index < -0.39 is 5.97 Å². The molecule has 0 aromatic heterocycles. The van der Waals surface area contributed by atoms with Gasteiger partial charge < -0.3 is 19.5 Å². The predicted molar refractivity (Wildman–Crippen MR) is 188 cm³/mol. The number of anilines is 1. The summed E-state index contributed by atoms with van der Waals surface area (Å²) in [7, 11) is 0. The average molecular weight is 630 g/mol. The van der Waals surface area contributed by atoms with Crippen molar-refractivity contribution in [2.75, 3.05) is 18.5 Å². The molecule has 250 valence electrons. The number of rotatable bonds is 24. The smallest absolute Gasteiger partial charge is 0.343 e. The van der Waals surface area contributed by atoms with Crippen LogP contribution in [0.1, 0.15) is 137 Å². The molecule has 0 fully saturated rings. The highest BCUT2D eigenvalue weighted by molar-refractivity contribution is 6.04. The fourth-order valence-electron chi connectivity index (χ4n) is 5.22. The van der Waals surface area contributed by atoms with Crippen molar-refractivity contribution in [1.29, 1.82) is 0 Å². The molecule has 1 N–H and O–H groups in total. The zero-order valence-electron chi connectivity index (χ0n) is 28.2.